The van der Waals surface area contributed by atoms with E-state index in [9.17, 15) is 9.59 Å². The Hall–Kier alpha value is -3.73. The van der Waals surface area contributed by atoms with Crippen molar-refractivity contribution in [2.45, 2.75) is 19.4 Å². The van der Waals surface area contributed by atoms with Crippen molar-refractivity contribution in [3.63, 3.8) is 0 Å². The lowest BCUT2D eigenvalue weighted by Gasteiger charge is -2.16. The van der Waals surface area contributed by atoms with Crippen molar-refractivity contribution in [1.29, 1.82) is 0 Å². The van der Waals surface area contributed by atoms with E-state index in [-0.39, 0.29) is 18.4 Å². The number of methoxy groups -OCH3 is 1. The lowest BCUT2D eigenvalue weighted by atomic mass is 9.99. The highest BCUT2D eigenvalue weighted by molar-refractivity contribution is 6.13. The van der Waals surface area contributed by atoms with E-state index >= 15 is 0 Å². The number of ether oxygens (including phenoxy) is 2. The second kappa shape index (κ2) is 10.2. The number of aliphatic imine (C=N–C) groups is 1. The van der Waals surface area contributed by atoms with Crippen LogP contribution in [0, 0.1) is 0 Å². The summed E-state index contributed by atoms with van der Waals surface area (Å²) in [6.45, 7) is 1.35. The summed E-state index contributed by atoms with van der Waals surface area (Å²) >= 11 is 0. The third-order valence-corrected chi connectivity index (χ3v) is 4.49. The lowest BCUT2D eigenvalue weighted by Crippen LogP contribution is -2.12. The van der Waals surface area contributed by atoms with Gasteiger partial charge in [-0.15, -0.1) is 0 Å². The Morgan fingerprint density at radius 2 is 1.37 bits per heavy atom. The van der Waals surface area contributed by atoms with E-state index < -0.39 is 6.04 Å². The van der Waals surface area contributed by atoms with Crippen LogP contribution in [0.2, 0.25) is 0 Å². The highest BCUT2D eigenvalue weighted by atomic mass is 16.5. The van der Waals surface area contributed by atoms with Crippen molar-refractivity contribution in [2.24, 2.45) is 4.99 Å². The number of esters is 2. The average Bonchev–Trinajstić information content (AvgIpc) is 2.78. The molecule has 5 nitrogen and oxygen atoms in total. The van der Waals surface area contributed by atoms with Crippen LogP contribution in [0.1, 0.15) is 36.1 Å². The molecule has 152 valence electrons. The molecule has 0 bridgehead atoms. The lowest BCUT2D eigenvalue weighted by molar-refractivity contribution is -0.141. The standard InChI is InChI=1S/C25H23NO4/c1-18(27)30-22-15-13-19(14-16-22)23(17-24(28)29-2)26-25(20-9-5-3-6-10-20)21-11-7-4-8-12-21/h3-16,23H,17H2,1-2H3. The van der Waals surface area contributed by atoms with Gasteiger partial charge in [-0.05, 0) is 17.7 Å². The molecule has 0 saturated heterocycles. The molecule has 0 radical (unpaired) electrons. The van der Waals surface area contributed by atoms with Crippen LogP contribution in [-0.4, -0.2) is 24.8 Å². The second-order valence-electron chi connectivity index (χ2n) is 6.67. The predicted octanol–water partition coefficient (Wildman–Crippen LogP) is 4.75. The molecule has 3 rings (SSSR count). The van der Waals surface area contributed by atoms with Gasteiger partial charge in [0.05, 0.1) is 25.3 Å². The molecule has 0 aliphatic heterocycles. The smallest absolute Gasteiger partial charge is 0.308 e. The molecule has 0 aliphatic rings. The quantitative estimate of drug-likeness (QED) is 0.325. The van der Waals surface area contributed by atoms with E-state index in [0.29, 0.717) is 5.75 Å². The van der Waals surface area contributed by atoms with Crippen molar-refractivity contribution in [2.75, 3.05) is 7.11 Å². The molecule has 0 N–H and O–H groups in total. The maximum absolute atomic E-state index is 12.1. The third kappa shape index (κ3) is 5.64. The third-order valence-electron chi connectivity index (χ3n) is 4.49. The minimum atomic E-state index is -0.459. The van der Waals surface area contributed by atoms with Gasteiger partial charge in [-0.25, -0.2) is 0 Å². The predicted molar refractivity (Wildman–Crippen MR) is 116 cm³/mol. The Morgan fingerprint density at radius 1 is 0.833 bits per heavy atom. The maximum Gasteiger partial charge on any atom is 0.308 e. The van der Waals surface area contributed by atoms with Crippen LogP contribution in [0.5, 0.6) is 5.75 Å². The first-order chi connectivity index (χ1) is 14.6. The van der Waals surface area contributed by atoms with Gasteiger partial charge in [-0.1, -0.05) is 72.8 Å². The van der Waals surface area contributed by atoms with Gasteiger partial charge >= 0.3 is 11.9 Å². The monoisotopic (exact) mass is 401 g/mol. The number of benzene rings is 3. The molecule has 0 saturated carbocycles. The normalized spacial score (nSPS) is 11.3. The van der Waals surface area contributed by atoms with Gasteiger partial charge in [0.2, 0.25) is 0 Å². The van der Waals surface area contributed by atoms with Crippen molar-refractivity contribution in [3.05, 3.63) is 102 Å². The van der Waals surface area contributed by atoms with Crippen LogP contribution < -0.4 is 4.74 Å². The molecule has 0 aliphatic carbocycles. The number of rotatable bonds is 7. The highest BCUT2D eigenvalue weighted by Crippen LogP contribution is 2.27. The van der Waals surface area contributed by atoms with Gasteiger partial charge in [0.25, 0.3) is 0 Å². The summed E-state index contributed by atoms with van der Waals surface area (Å²) < 4.78 is 10.00. The zero-order chi connectivity index (χ0) is 21.3. The zero-order valence-electron chi connectivity index (χ0n) is 16.9. The number of carbonyl (C=O) groups is 2. The Morgan fingerprint density at radius 3 is 1.83 bits per heavy atom. The van der Waals surface area contributed by atoms with Crippen LogP contribution in [0.25, 0.3) is 0 Å². The van der Waals surface area contributed by atoms with E-state index in [1.165, 1.54) is 14.0 Å². The number of nitrogens with zero attached hydrogens (tertiary/aromatic N) is 1. The van der Waals surface area contributed by atoms with Crippen molar-refractivity contribution in [1.82, 2.24) is 0 Å². The van der Waals surface area contributed by atoms with E-state index in [2.05, 4.69) is 0 Å². The Labute approximate surface area is 176 Å². The summed E-state index contributed by atoms with van der Waals surface area (Å²) in [5, 5.41) is 0. The van der Waals surface area contributed by atoms with Gasteiger partial charge in [0.15, 0.2) is 0 Å². The zero-order valence-corrected chi connectivity index (χ0v) is 16.9. The largest absolute Gasteiger partial charge is 0.469 e. The van der Waals surface area contributed by atoms with E-state index in [1.807, 2.05) is 72.8 Å². The van der Waals surface area contributed by atoms with E-state index in [4.69, 9.17) is 14.5 Å². The molecule has 30 heavy (non-hydrogen) atoms. The fourth-order valence-corrected chi connectivity index (χ4v) is 3.07. The van der Waals surface area contributed by atoms with Gasteiger partial charge in [-0.2, -0.15) is 0 Å². The minimum absolute atomic E-state index is 0.0899. The number of hydrogen-bond acceptors (Lipinski definition) is 5. The first-order valence-corrected chi connectivity index (χ1v) is 9.60. The molecule has 3 aromatic rings. The molecular weight excluding hydrogens is 378 g/mol. The fourth-order valence-electron chi connectivity index (χ4n) is 3.07. The second-order valence-corrected chi connectivity index (χ2v) is 6.67. The van der Waals surface area contributed by atoms with Gasteiger partial charge in [-0.3, -0.25) is 14.6 Å². The first kappa shape index (κ1) is 21.0. The van der Waals surface area contributed by atoms with Crippen LogP contribution in [0.15, 0.2) is 89.9 Å². The summed E-state index contributed by atoms with van der Waals surface area (Å²) in [4.78, 5) is 28.2. The van der Waals surface area contributed by atoms with E-state index in [1.54, 1.807) is 12.1 Å². The van der Waals surface area contributed by atoms with E-state index in [0.717, 1.165) is 22.4 Å². The van der Waals surface area contributed by atoms with Crippen LogP contribution >= 0.6 is 0 Å². The molecule has 0 aromatic heterocycles. The molecule has 5 heteroatoms. The molecule has 3 aromatic carbocycles. The van der Waals surface area contributed by atoms with Crippen LogP contribution in [0.4, 0.5) is 0 Å². The number of hydrogen-bond donors (Lipinski definition) is 0. The Kier molecular flexibility index (Phi) is 7.11. The van der Waals surface area contributed by atoms with Gasteiger partial charge < -0.3 is 9.47 Å². The van der Waals surface area contributed by atoms with Crippen LogP contribution in [0.3, 0.4) is 0 Å². The average molecular weight is 401 g/mol. The molecule has 0 heterocycles. The summed E-state index contributed by atoms with van der Waals surface area (Å²) in [7, 11) is 1.36. The fraction of sp³-hybridized carbons (Fsp3) is 0.160. The summed E-state index contributed by atoms with van der Waals surface area (Å²) in [5.41, 5.74) is 3.51. The number of carbonyl (C=O) groups excluding carboxylic acids is 2. The SMILES string of the molecule is COC(=O)CC(N=C(c1ccccc1)c1ccccc1)c1ccc(OC(C)=O)cc1. The molecule has 0 fully saturated rings. The van der Waals surface area contributed by atoms with Crippen LogP contribution in [-0.2, 0) is 14.3 Å². The Balaban J connectivity index is 2.05. The molecule has 1 atom stereocenters. The van der Waals surface area contributed by atoms with Gasteiger partial charge in [0.1, 0.15) is 5.75 Å². The summed E-state index contributed by atoms with van der Waals surface area (Å²) in [5.74, 6) is -0.297. The van der Waals surface area contributed by atoms with Crippen molar-refractivity contribution >= 4 is 17.7 Å². The highest BCUT2D eigenvalue weighted by Gasteiger charge is 2.18. The summed E-state index contributed by atoms with van der Waals surface area (Å²) in [6.07, 6.45) is 0.0899. The summed E-state index contributed by atoms with van der Waals surface area (Å²) in [6, 6.07) is 26.2. The minimum Gasteiger partial charge on any atom is -0.469 e. The van der Waals surface area contributed by atoms with Gasteiger partial charge in [0, 0.05) is 18.1 Å². The maximum atomic E-state index is 12.1. The molecular formula is C25H23NO4. The first-order valence-electron chi connectivity index (χ1n) is 9.60. The Bertz CT molecular complexity index is 971. The molecule has 0 spiro atoms. The van der Waals surface area contributed by atoms with Crippen molar-refractivity contribution < 1.29 is 19.1 Å². The molecule has 0 amide bonds. The topological polar surface area (TPSA) is 65.0 Å². The van der Waals surface area contributed by atoms with Crippen molar-refractivity contribution in [3.8, 4) is 5.75 Å². The molecule has 1 unspecified atom stereocenters.